The maximum absolute atomic E-state index is 14.8. The third-order valence-corrected chi connectivity index (χ3v) is 7.29. The van der Waals surface area contributed by atoms with Gasteiger partial charge in [-0.15, -0.1) is 0 Å². The first-order valence-electron chi connectivity index (χ1n) is 12.0. The lowest BCUT2D eigenvalue weighted by atomic mass is 9.98. The number of nitrogens with one attached hydrogen (secondary N) is 1. The highest BCUT2D eigenvalue weighted by atomic mass is 32.2. The van der Waals surface area contributed by atoms with Crippen molar-refractivity contribution >= 4 is 34.8 Å². The van der Waals surface area contributed by atoms with Gasteiger partial charge in [-0.05, 0) is 47.5 Å². The van der Waals surface area contributed by atoms with Gasteiger partial charge in [0.1, 0.15) is 17.4 Å². The molecule has 0 saturated heterocycles. The van der Waals surface area contributed by atoms with Crippen LogP contribution in [0.15, 0.2) is 88.0 Å². The van der Waals surface area contributed by atoms with Crippen molar-refractivity contribution in [3.05, 3.63) is 101 Å². The third kappa shape index (κ3) is 5.75. The third-order valence-electron chi connectivity index (χ3n) is 6.18. The van der Waals surface area contributed by atoms with Crippen LogP contribution >= 0.6 is 11.8 Å². The number of rotatable bonds is 7. The predicted molar refractivity (Wildman–Crippen MR) is 146 cm³/mol. The van der Waals surface area contributed by atoms with Crippen molar-refractivity contribution in [3.63, 3.8) is 0 Å². The Balaban J connectivity index is 1.30. The number of amides is 1. The van der Waals surface area contributed by atoms with E-state index in [-0.39, 0.29) is 23.9 Å². The van der Waals surface area contributed by atoms with Crippen molar-refractivity contribution in [3.8, 4) is 5.75 Å². The van der Waals surface area contributed by atoms with Crippen LogP contribution in [0.25, 0.3) is 0 Å². The van der Waals surface area contributed by atoms with Crippen molar-refractivity contribution in [2.75, 3.05) is 12.9 Å². The number of ether oxygens (including phenoxy) is 1. The molecule has 0 radical (unpaired) electrons. The van der Waals surface area contributed by atoms with Gasteiger partial charge in [0.15, 0.2) is 5.17 Å². The summed E-state index contributed by atoms with van der Waals surface area (Å²) in [6, 6.07) is 19.6. The molecule has 2 aliphatic rings. The van der Waals surface area contributed by atoms with E-state index < -0.39 is 17.7 Å². The Kier molecular flexibility index (Phi) is 7.78. The van der Waals surface area contributed by atoms with E-state index in [1.807, 2.05) is 42.5 Å². The van der Waals surface area contributed by atoms with Gasteiger partial charge in [-0.3, -0.25) is 9.79 Å². The summed E-state index contributed by atoms with van der Waals surface area (Å²) in [6.45, 7) is 0. The van der Waals surface area contributed by atoms with E-state index in [1.54, 1.807) is 30.5 Å². The number of thioether (sulfide) groups is 1. The minimum atomic E-state index is -0.681. The molecular weight excluding hydrogens is 508 g/mol. The summed E-state index contributed by atoms with van der Waals surface area (Å²) in [5.41, 5.74) is 4.90. The molecule has 2 heterocycles. The van der Waals surface area contributed by atoms with Gasteiger partial charge in [0.25, 0.3) is 0 Å². The molecule has 10 heteroatoms. The number of amidine groups is 1. The van der Waals surface area contributed by atoms with Gasteiger partial charge < -0.3 is 4.74 Å². The molecule has 2 aliphatic heterocycles. The zero-order valence-corrected chi connectivity index (χ0v) is 21.4. The van der Waals surface area contributed by atoms with E-state index in [0.29, 0.717) is 17.3 Å². The molecule has 3 aromatic carbocycles. The molecule has 7 nitrogen and oxygen atoms in total. The molecule has 2 atom stereocenters. The Bertz CT molecular complexity index is 1380. The quantitative estimate of drug-likeness (QED) is 0.337. The lowest BCUT2D eigenvalue weighted by Gasteiger charge is -2.23. The first-order chi connectivity index (χ1) is 18.5. The molecular formula is C28H25F2N5O2S. The second kappa shape index (κ2) is 11.6. The van der Waals surface area contributed by atoms with Gasteiger partial charge in [-0.2, -0.15) is 10.2 Å². The van der Waals surface area contributed by atoms with E-state index in [0.717, 1.165) is 22.6 Å². The summed E-state index contributed by atoms with van der Waals surface area (Å²) < 4.78 is 34.7. The Morgan fingerprint density at radius 1 is 1.11 bits per heavy atom. The number of hydrogen-bond acceptors (Lipinski definition) is 7. The smallest absolute Gasteiger partial charge is 0.242 e. The first kappa shape index (κ1) is 25.6. The second-order valence-corrected chi connectivity index (χ2v) is 9.75. The molecule has 3 aromatic rings. The number of carbonyl (C=O) groups excluding carboxylic acids is 1. The first-order valence-corrected chi connectivity index (χ1v) is 13.0. The van der Waals surface area contributed by atoms with Crippen LogP contribution < -0.4 is 10.2 Å². The molecule has 0 spiro atoms. The topological polar surface area (TPSA) is 78.6 Å². The maximum atomic E-state index is 14.8. The van der Waals surface area contributed by atoms with E-state index in [1.165, 1.54) is 30.0 Å². The molecule has 1 amide bonds. The summed E-state index contributed by atoms with van der Waals surface area (Å²) >= 11 is 1.41. The van der Waals surface area contributed by atoms with Crippen molar-refractivity contribution in [2.45, 2.75) is 24.9 Å². The average Bonchev–Trinajstić information content (AvgIpc) is 3.57. The second-order valence-electron chi connectivity index (χ2n) is 8.76. The lowest BCUT2D eigenvalue weighted by molar-refractivity contribution is -0.121. The molecule has 0 fully saturated rings. The monoisotopic (exact) mass is 533 g/mol. The molecule has 194 valence electrons. The molecule has 5 rings (SSSR count). The van der Waals surface area contributed by atoms with E-state index in [2.05, 4.69) is 15.5 Å². The number of methoxy groups -OCH3 is 1. The number of nitrogens with zero attached hydrogens (tertiary/aromatic N) is 4. The molecule has 1 N–H and O–H groups in total. The SMILES string of the molecule is COc1ccc(/C=N/NC(=O)CC2CSC(N3N=C(c4ccccc4)CC3c3c(F)cccc3F)=N2)cc1. The number of aliphatic imine (C=N–C) groups is 1. The minimum absolute atomic E-state index is 0.0421. The Morgan fingerprint density at radius 2 is 1.84 bits per heavy atom. The fourth-order valence-corrected chi connectivity index (χ4v) is 5.36. The van der Waals surface area contributed by atoms with E-state index >= 15 is 0 Å². The molecule has 0 aliphatic carbocycles. The van der Waals surface area contributed by atoms with Crippen LogP contribution in [0, 0.1) is 11.6 Å². The highest BCUT2D eigenvalue weighted by Gasteiger charge is 2.37. The van der Waals surface area contributed by atoms with Crippen molar-refractivity contribution in [1.82, 2.24) is 10.4 Å². The van der Waals surface area contributed by atoms with Gasteiger partial charge in [0, 0.05) is 17.7 Å². The number of hydrogen-bond donors (Lipinski definition) is 1. The van der Waals surface area contributed by atoms with Crippen LogP contribution in [0.5, 0.6) is 5.75 Å². The summed E-state index contributed by atoms with van der Waals surface area (Å²) in [4.78, 5) is 17.2. The molecule has 0 saturated carbocycles. The van der Waals surface area contributed by atoms with Crippen LogP contribution in [0.2, 0.25) is 0 Å². The molecule has 38 heavy (non-hydrogen) atoms. The van der Waals surface area contributed by atoms with Gasteiger partial charge in [0.05, 0.1) is 37.5 Å². The van der Waals surface area contributed by atoms with Crippen molar-refractivity contribution in [2.24, 2.45) is 15.2 Å². The van der Waals surface area contributed by atoms with Gasteiger partial charge in [-0.25, -0.2) is 19.2 Å². The molecule has 0 aromatic heterocycles. The van der Waals surface area contributed by atoms with E-state index in [4.69, 9.17) is 9.84 Å². The van der Waals surface area contributed by atoms with Gasteiger partial charge >= 0.3 is 0 Å². The Morgan fingerprint density at radius 3 is 2.55 bits per heavy atom. The number of hydrazone groups is 2. The average molecular weight is 534 g/mol. The highest BCUT2D eigenvalue weighted by Crippen LogP contribution is 2.39. The fourth-order valence-electron chi connectivity index (χ4n) is 4.31. The van der Waals surface area contributed by atoms with Crippen molar-refractivity contribution < 1.29 is 18.3 Å². The zero-order valence-electron chi connectivity index (χ0n) is 20.6. The summed E-state index contributed by atoms with van der Waals surface area (Å²) in [7, 11) is 1.59. The highest BCUT2D eigenvalue weighted by molar-refractivity contribution is 8.14. The van der Waals surface area contributed by atoms with Crippen LogP contribution in [0.1, 0.15) is 35.6 Å². The van der Waals surface area contributed by atoms with Crippen LogP contribution in [-0.4, -0.2) is 46.9 Å². The summed E-state index contributed by atoms with van der Waals surface area (Å²) in [5, 5.41) is 10.9. The maximum Gasteiger partial charge on any atom is 0.242 e. The largest absolute Gasteiger partial charge is 0.497 e. The van der Waals surface area contributed by atoms with Crippen LogP contribution in [0.3, 0.4) is 0 Å². The Labute approximate surface area is 223 Å². The van der Waals surface area contributed by atoms with Crippen LogP contribution in [-0.2, 0) is 4.79 Å². The predicted octanol–water partition coefficient (Wildman–Crippen LogP) is 5.14. The number of halogens is 2. The summed E-state index contributed by atoms with van der Waals surface area (Å²) in [5.74, 6) is -0.254. The standard InChI is InChI=1S/C28H25F2N5O2S/c1-37-21-12-10-18(11-13-21)16-31-33-26(36)14-20-17-38-28(32-20)35-25(27-22(29)8-5-9-23(27)30)15-24(34-35)19-6-3-2-4-7-19/h2-13,16,20,25H,14-15,17H2,1H3,(H,33,36)/b31-16+. The normalized spacial score (nSPS) is 19.0. The fraction of sp³-hybridized carbons (Fsp3) is 0.214. The molecule has 2 unspecified atom stereocenters. The van der Waals surface area contributed by atoms with E-state index in [9.17, 15) is 13.6 Å². The Hall–Kier alpha value is -4.05. The summed E-state index contributed by atoms with van der Waals surface area (Å²) in [6.07, 6.45) is 2.00. The number of benzene rings is 3. The minimum Gasteiger partial charge on any atom is -0.497 e. The molecule has 0 bridgehead atoms. The zero-order chi connectivity index (χ0) is 26.5. The van der Waals surface area contributed by atoms with Gasteiger partial charge in [0.2, 0.25) is 5.91 Å². The number of carbonyl (C=O) groups is 1. The lowest BCUT2D eigenvalue weighted by Crippen LogP contribution is -2.26. The van der Waals surface area contributed by atoms with Crippen molar-refractivity contribution in [1.29, 1.82) is 0 Å². The van der Waals surface area contributed by atoms with Gasteiger partial charge in [-0.1, -0.05) is 48.2 Å². The van der Waals surface area contributed by atoms with Crippen LogP contribution in [0.4, 0.5) is 8.78 Å².